The maximum Gasteiger partial charge on any atom is 0.259 e. The first-order valence-corrected chi connectivity index (χ1v) is 7.72. The monoisotopic (exact) mass is 329 g/mol. The van der Waals surface area contributed by atoms with E-state index >= 15 is 0 Å². The summed E-state index contributed by atoms with van der Waals surface area (Å²) >= 11 is 1.22. The Balaban J connectivity index is 1.97. The second-order valence-corrected chi connectivity index (χ2v) is 5.70. The smallest absolute Gasteiger partial charge is 0.259 e. The van der Waals surface area contributed by atoms with Crippen molar-refractivity contribution in [2.45, 2.75) is 30.6 Å². The molecule has 10 nitrogen and oxygen atoms in total. The van der Waals surface area contributed by atoms with Crippen LogP contribution in [-0.4, -0.2) is 86.5 Å². The average molecular weight is 329 g/mol. The van der Waals surface area contributed by atoms with E-state index in [-0.39, 0.29) is 11.8 Å². The number of aliphatic hydroxyl groups excluding tert-OH is 3. The molecule has 0 aromatic heterocycles. The summed E-state index contributed by atoms with van der Waals surface area (Å²) in [4.78, 5) is 21.5. The van der Waals surface area contributed by atoms with Crippen molar-refractivity contribution in [1.29, 1.82) is 5.41 Å². The van der Waals surface area contributed by atoms with Crippen molar-refractivity contribution in [2.75, 3.05) is 12.9 Å². The van der Waals surface area contributed by atoms with Gasteiger partial charge in [-0.15, -0.1) is 0 Å². The Bertz CT molecular complexity index is 581. The molecule has 5 N–H and O–H groups in total. The second-order valence-electron chi connectivity index (χ2n) is 4.93. The molecule has 11 heteroatoms. The highest BCUT2D eigenvalue weighted by molar-refractivity contribution is 8.13. The van der Waals surface area contributed by atoms with E-state index in [2.05, 4.69) is 15.3 Å². The van der Waals surface area contributed by atoms with Gasteiger partial charge < -0.3 is 20.1 Å². The summed E-state index contributed by atoms with van der Waals surface area (Å²) in [5, 5.41) is 39.4. The number of carbonyl (C=O) groups is 1. The highest BCUT2D eigenvalue weighted by atomic mass is 32.2. The number of aliphatic imine (C=N–C) groups is 2. The van der Waals surface area contributed by atoms with Crippen LogP contribution in [0, 0.1) is 5.41 Å². The van der Waals surface area contributed by atoms with E-state index in [4.69, 9.17) is 10.1 Å². The van der Waals surface area contributed by atoms with Crippen LogP contribution in [0.25, 0.3) is 0 Å². The van der Waals surface area contributed by atoms with E-state index in [0.717, 1.165) is 0 Å². The van der Waals surface area contributed by atoms with Gasteiger partial charge in [-0.3, -0.25) is 20.4 Å². The number of guanidine groups is 1. The highest BCUT2D eigenvalue weighted by Crippen LogP contribution is 2.31. The number of hydrogen-bond acceptors (Lipinski definition) is 9. The minimum absolute atomic E-state index is 0.160. The Kier molecular flexibility index (Phi) is 3.91. The average Bonchev–Trinajstić information content (AvgIpc) is 2.98. The normalized spacial score (nSPS) is 37.8. The zero-order chi connectivity index (χ0) is 16.0. The maximum atomic E-state index is 11.9. The number of amides is 1. The molecular formula is C11H15N5O5S. The molecule has 0 aromatic rings. The van der Waals surface area contributed by atoms with Gasteiger partial charge in [-0.1, -0.05) is 11.8 Å². The fraction of sp³-hybridized carbons (Fsp3) is 0.636. The van der Waals surface area contributed by atoms with Crippen molar-refractivity contribution in [3.8, 4) is 0 Å². The van der Waals surface area contributed by atoms with Crippen molar-refractivity contribution in [2.24, 2.45) is 9.98 Å². The third kappa shape index (κ3) is 2.21. The van der Waals surface area contributed by atoms with Crippen LogP contribution in [0.4, 0.5) is 0 Å². The first kappa shape index (κ1) is 15.4. The summed E-state index contributed by atoms with van der Waals surface area (Å²) in [5.41, 5.74) is 0. The molecule has 3 aliphatic rings. The minimum atomic E-state index is -1.31. The van der Waals surface area contributed by atoms with Gasteiger partial charge in [0, 0.05) is 0 Å². The molecule has 0 bridgehead atoms. The number of rotatable bonds is 2. The van der Waals surface area contributed by atoms with Crippen LogP contribution >= 0.6 is 11.8 Å². The number of nitrogens with zero attached hydrogens (tertiary/aromatic N) is 3. The third-order valence-electron chi connectivity index (χ3n) is 3.61. The van der Waals surface area contributed by atoms with E-state index in [1.807, 2.05) is 0 Å². The summed E-state index contributed by atoms with van der Waals surface area (Å²) in [5.74, 6) is -0.658. The Labute approximate surface area is 129 Å². The molecule has 5 atom stereocenters. The van der Waals surface area contributed by atoms with E-state index in [9.17, 15) is 20.1 Å². The van der Waals surface area contributed by atoms with Gasteiger partial charge in [0.15, 0.2) is 23.3 Å². The summed E-state index contributed by atoms with van der Waals surface area (Å²) in [7, 11) is 0. The molecule has 1 amide bonds. The molecule has 1 unspecified atom stereocenters. The molecule has 3 heterocycles. The fourth-order valence-corrected chi connectivity index (χ4v) is 3.17. The number of carbonyl (C=O) groups excluding carboxylic acids is 1. The number of thioether (sulfide) groups is 1. The van der Waals surface area contributed by atoms with Crippen molar-refractivity contribution in [1.82, 2.24) is 10.2 Å². The lowest BCUT2D eigenvalue weighted by Crippen LogP contribution is -2.54. The van der Waals surface area contributed by atoms with Gasteiger partial charge in [0.25, 0.3) is 5.91 Å². The molecule has 0 radical (unpaired) electrons. The van der Waals surface area contributed by atoms with Gasteiger partial charge in [-0.2, -0.15) is 4.99 Å². The summed E-state index contributed by atoms with van der Waals surface area (Å²) in [6, 6.07) is -0.919. The Morgan fingerprint density at radius 3 is 2.77 bits per heavy atom. The molecule has 0 saturated carbocycles. The van der Waals surface area contributed by atoms with Crippen LogP contribution in [0.3, 0.4) is 0 Å². The van der Waals surface area contributed by atoms with Gasteiger partial charge in [-0.05, 0) is 6.26 Å². The fourth-order valence-electron chi connectivity index (χ4n) is 2.56. The number of ether oxygens (including phenoxy) is 1. The Morgan fingerprint density at radius 2 is 2.18 bits per heavy atom. The first-order chi connectivity index (χ1) is 10.5. The van der Waals surface area contributed by atoms with Crippen LogP contribution < -0.4 is 5.32 Å². The van der Waals surface area contributed by atoms with E-state index < -0.39 is 43.1 Å². The zero-order valence-corrected chi connectivity index (χ0v) is 12.3. The minimum Gasteiger partial charge on any atom is -0.394 e. The van der Waals surface area contributed by atoms with Gasteiger partial charge in [0.05, 0.1) is 6.61 Å². The standard InChI is InChI=1S/C11H15N5O5S/c1-22-11-13-4-7(14-10(12)15-8(4)20)16(11)9-6(19)5(18)3(2-17)21-9/h3-6,9,17-19H,2H2,1H3,(H2,12,15,20)/t3-,4?,5-,6-,9-/m1/s1. The number of nitrogens with one attached hydrogen (secondary N) is 2. The van der Waals surface area contributed by atoms with Crippen LogP contribution in [0.2, 0.25) is 0 Å². The summed E-state index contributed by atoms with van der Waals surface area (Å²) < 4.78 is 5.47. The lowest BCUT2D eigenvalue weighted by Gasteiger charge is -2.30. The van der Waals surface area contributed by atoms with E-state index in [1.165, 1.54) is 16.7 Å². The van der Waals surface area contributed by atoms with Crippen molar-refractivity contribution in [3.63, 3.8) is 0 Å². The number of fused-ring (bicyclic) bond motifs is 1. The van der Waals surface area contributed by atoms with Gasteiger partial charge >= 0.3 is 0 Å². The molecule has 1 saturated heterocycles. The topological polar surface area (TPSA) is 151 Å². The van der Waals surface area contributed by atoms with E-state index in [0.29, 0.717) is 5.17 Å². The third-order valence-corrected chi connectivity index (χ3v) is 4.27. The van der Waals surface area contributed by atoms with Gasteiger partial charge in [-0.25, -0.2) is 4.99 Å². The Hall–Kier alpha value is -1.53. The summed E-state index contributed by atoms with van der Waals surface area (Å²) in [6.45, 7) is -0.458. The van der Waals surface area contributed by atoms with Crippen molar-refractivity contribution < 1.29 is 24.9 Å². The predicted molar refractivity (Wildman–Crippen MR) is 77.6 cm³/mol. The Morgan fingerprint density at radius 1 is 1.45 bits per heavy atom. The quantitative estimate of drug-likeness (QED) is 0.369. The largest absolute Gasteiger partial charge is 0.394 e. The van der Waals surface area contributed by atoms with Crippen LogP contribution in [0.15, 0.2) is 9.98 Å². The summed E-state index contributed by atoms with van der Waals surface area (Å²) in [6.07, 6.45) is -2.83. The van der Waals surface area contributed by atoms with Crippen molar-refractivity contribution in [3.05, 3.63) is 0 Å². The van der Waals surface area contributed by atoms with Gasteiger partial charge in [0.2, 0.25) is 5.96 Å². The molecule has 0 spiro atoms. The van der Waals surface area contributed by atoms with Crippen LogP contribution in [0.1, 0.15) is 0 Å². The highest BCUT2D eigenvalue weighted by Gasteiger charge is 2.52. The van der Waals surface area contributed by atoms with E-state index in [1.54, 1.807) is 6.26 Å². The molecule has 22 heavy (non-hydrogen) atoms. The van der Waals surface area contributed by atoms with Gasteiger partial charge in [0.1, 0.15) is 18.3 Å². The first-order valence-electron chi connectivity index (χ1n) is 6.49. The lowest BCUT2D eigenvalue weighted by molar-refractivity contribution is -0.119. The van der Waals surface area contributed by atoms with Crippen molar-refractivity contribution >= 4 is 34.6 Å². The number of hydrogen-bond donors (Lipinski definition) is 5. The number of aliphatic hydroxyl groups is 3. The maximum absolute atomic E-state index is 11.9. The molecule has 1 fully saturated rings. The molecule has 3 rings (SSSR count). The molecular weight excluding hydrogens is 314 g/mol. The second kappa shape index (κ2) is 5.59. The lowest BCUT2D eigenvalue weighted by atomic mass is 10.1. The number of amidine groups is 2. The molecule has 120 valence electrons. The van der Waals surface area contributed by atoms with Crippen LogP contribution in [-0.2, 0) is 9.53 Å². The zero-order valence-electron chi connectivity index (χ0n) is 11.5. The van der Waals surface area contributed by atoms with Crippen LogP contribution in [0.5, 0.6) is 0 Å². The molecule has 3 aliphatic heterocycles. The molecule has 0 aliphatic carbocycles. The SMILES string of the molecule is CSC1=NC2C(=O)NC(=N)N=C2N1[C@@H]1O[C@H](CO)[C@@H](O)[C@H]1O. The molecule has 0 aromatic carbocycles. The predicted octanol–water partition coefficient (Wildman–Crippen LogP) is -2.71.